The summed E-state index contributed by atoms with van der Waals surface area (Å²) in [6.07, 6.45) is 2.70. The van der Waals surface area contributed by atoms with Crippen molar-refractivity contribution >= 4 is 34.7 Å². The van der Waals surface area contributed by atoms with Gasteiger partial charge in [-0.2, -0.15) is 0 Å². The fourth-order valence-electron chi connectivity index (χ4n) is 3.39. The van der Waals surface area contributed by atoms with E-state index < -0.39 is 0 Å². The molecule has 6 N–H and O–H groups in total. The molecular formula is C21H39N7O2S2. The number of hydrazine groups is 2. The number of rotatable bonds is 13. The number of hydrogen-bond donors (Lipinski definition) is 6. The highest BCUT2D eigenvalue weighted by Gasteiger charge is 2.20. The third-order valence-corrected chi connectivity index (χ3v) is 5.70. The molecule has 2 unspecified atom stereocenters. The van der Waals surface area contributed by atoms with E-state index in [9.17, 15) is 0 Å². The molecule has 0 spiro atoms. The van der Waals surface area contributed by atoms with E-state index in [1.807, 2.05) is 13.8 Å². The highest BCUT2D eigenvalue weighted by molar-refractivity contribution is 7.80. The number of furan rings is 1. The molecule has 1 saturated heterocycles. The molecule has 1 fully saturated rings. The maximum atomic E-state index is 6.13. The van der Waals surface area contributed by atoms with E-state index in [0.29, 0.717) is 16.6 Å². The van der Waals surface area contributed by atoms with E-state index in [1.165, 1.54) is 0 Å². The zero-order valence-corrected chi connectivity index (χ0v) is 21.1. The van der Waals surface area contributed by atoms with Crippen molar-refractivity contribution in [3.8, 4) is 0 Å². The van der Waals surface area contributed by atoms with Crippen LogP contribution in [0.15, 0.2) is 16.5 Å². The molecule has 1 aromatic rings. The fraction of sp³-hybridized carbons (Fsp3) is 0.714. The summed E-state index contributed by atoms with van der Waals surface area (Å²) in [5.74, 6) is 1.96. The van der Waals surface area contributed by atoms with Crippen LogP contribution in [0.4, 0.5) is 0 Å². The third kappa shape index (κ3) is 10.4. The Hall–Kier alpha value is -1.50. The minimum atomic E-state index is -0.00381. The lowest BCUT2D eigenvalue weighted by Crippen LogP contribution is -2.59. The van der Waals surface area contributed by atoms with Crippen LogP contribution in [-0.2, 0) is 17.6 Å². The maximum absolute atomic E-state index is 6.13. The molecule has 0 aromatic carbocycles. The quantitative estimate of drug-likeness (QED) is 0.177. The van der Waals surface area contributed by atoms with Gasteiger partial charge in [0.05, 0.1) is 13.2 Å². The summed E-state index contributed by atoms with van der Waals surface area (Å²) < 4.78 is 11.5. The van der Waals surface area contributed by atoms with E-state index in [0.717, 1.165) is 70.3 Å². The molecule has 2 rings (SSSR count). The standard InChI is InChI=1S/C21H39N7O2S2/c1-4-22-20(31)26-24-16(3)19(25-27-21(32)23-5-2)15-18-9-8-17(30-18)7-6-10-28-11-13-29-14-12-28/h8-9,16,19,24-25H,4-7,10-15H2,1-3H3,(H2,22,26,31)(H2,23,27,32). The molecule has 1 aliphatic rings. The van der Waals surface area contributed by atoms with Gasteiger partial charge in [-0.1, -0.05) is 0 Å². The number of hydrogen-bond acceptors (Lipinski definition) is 7. The number of nitrogens with zero attached hydrogens (tertiary/aromatic N) is 1. The highest BCUT2D eigenvalue weighted by Crippen LogP contribution is 2.14. The van der Waals surface area contributed by atoms with Crippen molar-refractivity contribution < 1.29 is 9.15 Å². The first-order valence-corrected chi connectivity index (χ1v) is 12.3. The van der Waals surface area contributed by atoms with Crippen molar-refractivity contribution in [1.82, 2.24) is 37.2 Å². The minimum Gasteiger partial charge on any atom is -0.466 e. The van der Waals surface area contributed by atoms with Gasteiger partial charge in [-0.15, -0.1) is 0 Å². The fourth-order valence-corrected chi connectivity index (χ4v) is 3.79. The summed E-state index contributed by atoms with van der Waals surface area (Å²) >= 11 is 10.5. The average molecular weight is 486 g/mol. The zero-order chi connectivity index (χ0) is 23.2. The van der Waals surface area contributed by atoms with E-state index in [4.69, 9.17) is 33.6 Å². The molecule has 11 heteroatoms. The molecule has 0 bridgehead atoms. The first kappa shape index (κ1) is 26.7. The van der Waals surface area contributed by atoms with Crippen molar-refractivity contribution in [3.05, 3.63) is 23.7 Å². The summed E-state index contributed by atoms with van der Waals surface area (Å²) in [4.78, 5) is 2.45. The van der Waals surface area contributed by atoms with Crippen LogP contribution in [0.5, 0.6) is 0 Å². The predicted molar refractivity (Wildman–Crippen MR) is 136 cm³/mol. The number of morpholine rings is 1. The van der Waals surface area contributed by atoms with Crippen LogP contribution in [0.1, 0.15) is 38.7 Å². The van der Waals surface area contributed by atoms with Crippen molar-refractivity contribution in [2.45, 2.75) is 52.1 Å². The third-order valence-electron chi connectivity index (χ3n) is 5.20. The summed E-state index contributed by atoms with van der Waals surface area (Å²) in [5.41, 5.74) is 12.7. The molecule has 0 radical (unpaired) electrons. The summed E-state index contributed by atoms with van der Waals surface area (Å²) in [6, 6.07) is 4.17. The molecule has 1 aliphatic heterocycles. The van der Waals surface area contributed by atoms with Gasteiger partial charge in [-0.3, -0.25) is 15.8 Å². The lowest BCUT2D eigenvalue weighted by molar-refractivity contribution is 0.0373. The Balaban J connectivity index is 1.86. The zero-order valence-electron chi connectivity index (χ0n) is 19.5. The first-order chi connectivity index (χ1) is 15.5. The Labute approximate surface area is 202 Å². The average Bonchev–Trinajstić information content (AvgIpc) is 3.23. The highest BCUT2D eigenvalue weighted by atomic mass is 32.1. The monoisotopic (exact) mass is 485 g/mol. The summed E-state index contributed by atoms with van der Waals surface area (Å²) in [7, 11) is 0. The van der Waals surface area contributed by atoms with Gasteiger partial charge < -0.3 is 19.8 Å². The molecule has 1 aromatic heterocycles. The van der Waals surface area contributed by atoms with E-state index in [2.05, 4.69) is 56.3 Å². The second-order valence-corrected chi connectivity index (χ2v) is 8.60. The molecule has 32 heavy (non-hydrogen) atoms. The van der Waals surface area contributed by atoms with Gasteiger partial charge in [0.25, 0.3) is 0 Å². The van der Waals surface area contributed by atoms with Gasteiger partial charge in [0.1, 0.15) is 11.5 Å². The second-order valence-electron chi connectivity index (χ2n) is 7.78. The smallest absolute Gasteiger partial charge is 0.180 e. The Bertz CT molecular complexity index is 683. The van der Waals surface area contributed by atoms with Gasteiger partial charge in [0, 0.05) is 51.1 Å². The molecular weight excluding hydrogens is 446 g/mol. The minimum absolute atomic E-state index is 0.00381. The van der Waals surface area contributed by atoms with Crippen LogP contribution < -0.4 is 32.3 Å². The predicted octanol–water partition coefficient (Wildman–Crippen LogP) is 0.821. The van der Waals surface area contributed by atoms with Crippen molar-refractivity contribution in [1.29, 1.82) is 0 Å². The van der Waals surface area contributed by atoms with Crippen molar-refractivity contribution in [3.63, 3.8) is 0 Å². The second kappa shape index (κ2) is 15.4. The Morgan fingerprint density at radius 2 is 1.62 bits per heavy atom. The largest absolute Gasteiger partial charge is 0.466 e. The maximum Gasteiger partial charge on any atom is 0.180 e. The lowest BCUT2D eigenvalue weighted by atomic mass is 10.1. The molecule has 0 aliphatic carbocycles. The number of ether oxygens (including phenoxy) is 1. The van der Waals surface area contributed by atoms with Crippen LogP contribution in [0.25, 0.3) is 0 Å². The van der Waals surface area contributed by atoms with Gasteiger partial charge in [-0.05, 0) is 70.3 Å². The summed E-state index contributed by atoms with van der Waals surface area (Å²) in [5, 5.41) is 7.27. The number of aryl methyl sites for hydroxylation is 1. The van der Waals surface area contributed by atoms with Crippen LogP contribution in [0, 0.1) is 0 Å². The SMILES string of the molecule is CCNC(=S)NNC(C)C(Cc1ccc(CCCN2CCOCC2)o1)NNC(=S)NCC. The summed E-state index contributed by atoms with van der Waals surface area (Å²) in [6.45, 7) is 12.4. The molecule has 0 saturated carbocycles. The van der Waals surface area contributed by atoms with Crippen molar-refractivity contribution in [2.75, 3.05) is 45.9 Å². The van der Waals surface area contributed by atoms with E-state index in [-0.39, 0.29) is 12.1 Å². The first-order valence-electron chi connectivity index (χ1n) is 11.5. The van der Waals surface area contributed by atoms with Gasteiger partial charge >= 0.3 is 0 Å². The van der Waals surface area contributed by atoms with Crippen LogP contribution in [0.3, 0.4) is 0 Å². The molecule has 2 heterocycles. The molecule has 2 atom stereocenters. The number of thiocarbonyl (C=S) groups is 2. The Morgan fingerprint density at radius 1 is 1.00 bits per heavy atom. The van der Waals surface area contributed by atoms with Gasteiger partial charge in [0.15, 0.2) is 10.2 Å². The van der Waals surface area contributed by atoms with Crippen LogP contribution in [0.2, 0.25) is 0 Å². The van der Waals surface area contributed by atoms with E-state index in [1.54, 1.807) is 0 Å². The van der Waals surface area contributed by atoms with Crippen LogP contribution >= 0.6 is 24.4 Å². The number of nitrogens with one attached hydrogen (secondary N) is 6. The normalized spacial score (nSPS) is 16.2. The lowest BCUT2D eigenvalue weighted by Gasteiger charge is -2.27. The Kier molecular flexibility index (Phi) is 12.8. The van der Waals surface area contributed by atoms with Crippen LogP contribution in [-0.4, -0.2) is 73.1 Å². The van der Waals surface area contributed by atoms with E-state index >= 15 is 0 Å². The molecule has 182 valence electrons. The van der Waals surface area contributed by atoms with Crippen molar-refractivity contribution in [2.24, 2.45) is 0 Å². The topological polar surface area (TPSA) is 97.8 Å². The van der Waals surface area contributed by atoms with Gasteiger partial charge in [0.2, 0.25) is 0 Å². The molecule has 0 amide bonds. The Morgan fingerprint density at radius 3 is 2.28 bits per heavy atom. The molecule has 9 nitrogen and oxygen atoms in total. The van der Waals surface area contributed by atoms with Gasteiger partial charge in [-0.25, -0.2) is 10.9 Å².